The summed E-state index contributed by atoms with van der Waals surface area (Å²) in [6.45, 7) is 7.56. The van der Waals surface area contributed by atoms with Gasteiger partial charge in [0.05, 0.1) is 11.4 Å². The number of carbonyl (C=O) groups is 1. The zero-order valence-corrected chi connectivity index (χ0v) is 27.8. The molecule has 6 atom stereocenters. The smallest absolute Gasteiger partial charge is 0.264 e. The fourth-order valence-corrected chi connectivity index (χ4v) is 10.5. The Morgan fingerprint density at radius 1 is 1.09 bits per heavy atom. The van der Waals surface area contributed by atoms with Crippen LogP contribution in [0.4, 0.5) is 5.69 Å². The summed E-state index contributed by atoms with van der Waals surface area (Å²) in [7, 11) is -3.94. The van der Waals surface area contributed by atoms with Crippen molar-refractivity contribution < 1.29 is 18.3 Å². The SMILES string of the molecule is CC(C)C[C@H]1[C@H](C)C/C=C/[C@H](O)[C@@H]2CC[C@H]2CN2C[C@@]3(CCCc4cc(Cl)ccc43)CCc3ccc(cc32)C(=O)NS1(=O)=O. The van der Waals surface area contributed by atoms with E-state index in [1.54, 1.807) is 6.07 Å². The molecule has 0 saturated heterocycles. The maximum absolute atomic E-state index is 13.7. The van der Waals surface area contributed by atoms with Gasteiger partial charge in [0, 0.05) is 34.8 Å². The number of carbonyl (C=O) groups excluding carboxylic acids is 1. The summed E-state index contributed by atoms with van der Waals surface area (Å²) in [5.74, 6) is -0.119. The van der Waals surface area contributed by atoms with Gasteiger partial charge in [0.1, 0.15) is 0 Å². The minimum Gasteiger partial charge on any atom is -0.389 e. The summed E-state index contributed by atoms with van der Waals surface area (Å²) >= 11 is 6.43. The molecule has 2 aliphatic heterocycles. The number of allylic oxidation sites excluding steroid dienone is 1. The second-order valence-corrected chi connectivity index (χ2v) is 16.8. The van der Waals surface area contributed by atoms with Gasteiger partial charge in [-0.2, -0.15) is 0 Å². The van der Waals surface area contributed by atoms with E-state index >= 15 is 0 Å². The van der Waals surface area contributed by atoms with Crippen LogP contribution in [0.3, 0.4) is 0 Å². The van der Waals surface area contributed by atoms with E-state index in [0.717, 1.165) is 68.7 Å². The van der Waals surface area contributed by atoms with E-state index in [0.29, 0.717) is 24.3 Å². The van der Waals surface area contributed by atoms with Crippen LogP contribution >= 0.6 is 11.6 Å². The third-order valence-electron chi connectivity index (χ3n) is 11.0. The number of hydrogen-bond donors (Lipinski definition) is 2. The zero-order valence-electron chi connectivity index (χ0n) is 26.3. The van der Waals surface area contributed by atoms with E-state index < -0.39 is 27.3 Å². The Hall–Kier alpha value is -2.35. The van der Waals surface area contributed by atoms with E-state index in [1.165, 1.54) is 16.7 Å². The van der Waals surface area contributed by atoms with Gasteiger partial charge in [-0.3, -0.25) is 4.79 Å². The predicted octanol–water partition coefficient (Wildman–Crippen LogP) is 6.82. The minimum atomic E-state index is -3.94. The Bertz CT molecular complexity index is 1540. The molecule has 6 rings (SSSR count). The van der Waals surface area contributed by atoms with Gasteiger partial charge < -0.3 is 10.0 Å². The van der Waals surface area contributed by atoms with Crippen LogP contribution in [0.2, 0.25) is 5.02 Å². The molecule has 2 aromatic rings. The number of rotatable bonds is 2. The molecule has 44 heavy (non-hydrogen) atoms. The molecule has 238 valence electrons. The maximum Gasteiger partial charge on any atom is 0.264 e. The van der Waals surface area contributed by atoms with Crippen LogP contribution in [-0.2, 0) is 28.3 Å². The van der Waals surface area contributed by atoms with Gasteiger partial charge in [0.25, 0.3) is 5.91 Å². The zero-order chi connectivity index (χ0) is 31.2. The molecule has 2 aromatic carbocycles. The highest BCUT2D eigenvalue weighted by atomic mass is 35.5. The number of hydrogen-bond acceptors (Lipinski definition) is 5. The lowest BCUT2D eigenvalue weighted by atomic mass is 9.66. The fraction of sp³-hybridized carbons (Fsp3) is 0.583. The van der Waals surface area contributed by atoms with Gasteiger partial charge in [-0.15, -0.1) is 0 Å². The number of aliphatic hydroxyl groups excluding tert-OH is 1. The average Bonchev–Trinajstić information content (AvgIpc) is 3.10. The molecule has 2 N–H and O–H groups in total. The molecule has 0 unspecified atom stereocenters. The third-order valence-corrected chi connectivity index (χ3v) is 13.1. The molecule has 2 bridgehead atoms. The maximum atomic E-state index is 13.7. The number of anilines is 1. The van der Waals surface area contributed by atoms with Crippen molar-refractivity contribution in [1.29, 1.82) is 0 Å². The number of halogens is 1. The second-order valence-electron chi connectivity index (χ2n) is 14.4. The lowest BCUT2D eigenvalue weighted by molar-refractivity contribution is 0.0456. The number of sulfonamides is 1. The highest BCUT2D eigenvalue weighted by Gasteiger charge is 2.43. The monoisotopic (exact) mass is 638 g/mol. The Kier molecular flexibility index (Phi) is 8.95. The standard InChI is InChI=1S/C36H47ClN2O4S/c1-23(2)18-34-24(3)6-4-8-33(40)30-13-11-28(30)21-39-22-36(16-5-7-26-19-29(37)12-14-31(26)36)17-15-25-9-10-27(20-32(25)39)35(41)38-44(34,42)43/h4,8-10,12,14,19-20,23-24,28,30,33-34,40H,5-7,11,13,15-18,21-22H2,1-3H3,(H,38,41)/b8-4+/t24-,28+,30-,33+,34+,36-/m1/s1. The largest absolute Gasteiger partial charge is 0.389 e. The van der Waals surface area contributed by atoms with Crippen LogP contribution in [-0.4, -0.2) is 43.9 Å². The van der Waals surface area contributed by atoms with Crippen molar-refractivity contribution in [2.75, 3.05) is 18.0 Å². The summed E-state index contributed by atoms with van der Waals surface area (Å²) in [5, 5.41) is 11.3. The first kappa shape index (κ1) is 31.6. The number of fused-ring (bicyclic) bond motifs is 4. The molecule has 8 heteroatoms. The lowest BCUT2D eigenvalue weighted by Gasteiger charge is -2.46. The van der Waals surface area contributed by atoms with Crippen LogP contribution in [0.1, 0.15) is 92.8 Å². The summed E-state index contributed by atoms with van der Waals surface area (Å²) in [6.07, 6.45) is 11.4. The Labute approximate surface area is 268 Å². The van der Waals surface area contributed by atoms with Crippen molar-refractivity contribution in [2.24, 2.45) is 23.7 Å². The number of benzene rings is 2. The quantitative estimate of drug-likeness (QED) is 0.353. The first-order valence-corrected chi connectivity index (χ1v) is 18.5. The summed E-state index contributed by atoms with van der Waals surface area (Å²) in [6, 6.07) is 12.1. The first-order valence-electron chi connectivity index (χ1n) is 16.5. The highest BCUT2D eigenvalue weighted by Crippen LogP contribution is 2.47. The first-order chi connectivity index (χ1) is 21.0. The van der Waals surface area contributed by atoms with Gasteiger partial charge in [-0.05, 0) is 122 Å². The van der Waals surface area contributed by atoms with Gasteiger partial charge in [-0.1, -0.05) is 56.7 Å². The molecule has 2 aliphatic carbocycles. The van der Waals surface area contributed by atoms with Crippen molar-refractivity contribution in [1.82, 2.24) is 4.72 Å². The third kappa shape index (κ3) is 6.21. The van der Waals surface area contributed by atoms with E-state index in [4.69, 9.17) is 11.6 Å². The molecular weight excluding hydrogens is 592 g/mol. The van der Waals surface area contributed by atoms with Crippen molar-refractivity contribution in [3.63, 3.8) is 0 Å². The Balaban J connectivity index is 1.42. The molecule has 2 heterocycles. The number of nitrogens with zero attached hydrogens (tertiary/aromatic N) is 1. The molecule has 0 radical (unpaired) electrons. The van der Waals surface area contributed by atoms with Crippen molar-refractivity contribution in [3.8, 4) is 0 Å². The summed E-state index contributed by atoms with van der Waals surface area (Å²) in [4.78, 5) is 16.1. The van der Waals surface area contributed by atoms with Gasteiger partial charge in [0.15, 0.2) is 0 Å². The van der Waals surface area contributed by atoms with E-state index in [9.17, 15) is 18.3 Å². The molecule has 1 amide bonds. The molecular formula is C36H47ClN2O4S. The number of nitrogens with one attached hydrogen (secondary N) is 1. The molecule has 4 aliphatic rings. The lowest BCUT2D eigenvalue weighted by Crippen LogP contribution is -2.48. The van der Waals surface area contributed by atoms with Crippen LogP contribution in [0, 0.1) is 23.7 Å². The van der Waals surface area contributed by atoms with Crippen molar-refractivity contribution in [3.05, 3.63) is 75.8 Å². The topological polar surface area (TPSA) is 86.7 Å². The molecule has 1 spiro atoms. The van der Waals surface area contributed by atoms with E-state index in [-0.39, 0.29) is 23.2 Å². The van der Waals surface area contributed by atoms with Gasteiger partial charge >= 0.3 is 0 Å². The number of amides is 1. The summed E-state index contributed by atoms with van der Waals surface area (Å²) in [5.41, 5.74) is 5.25. The number of aliphatic hydroxyl groups is 1. The summed E-state index contributed by atoms with van der Waals surface area (Å²) < 4.78 is 29.8. The Morgan fingerprint density at radius 2 is 1.91 bits per heavy atom. The molecule has 0 aromatic heterocycles. The van der Waals surface area contributed by atoms with Gasteiger partial charge in [-0.25, -0.2) is 13.1 Å². The fourth-order valence-electron chi connectivity index (χ4n) is 8.41. The highest BCUT2D eigenvalue weighted by molar-refractivity contribution is 7.90. The normalized spacial score (nSPS) is 32.6. The minimum absolute atomic E-state index is 0.0399. The predicted molar refractivity (Wildman–Crippen MR) is 178 cm³/mol. The van der Waals surface area contributed by atoms with Crippen LogP contribution in [0.25, 0.3) is 0 Å². The van der Waals surface area contributed by atoms with E-state index in [1.807, 2.05) is 51.1 Å². The van der Waals surface area contributed by atoms with Crippen LogP contribution in [0.15, 0.2) is 48.6 Å². The number of aryl methyl sites for hydroxylation is 2. The Morgan fingerprint density at radius 3 is 2.66 bits per heavy atom. The van der Waals surface area contributed by atoms with Gasteiger partial charge in [0.2, 0.25) is 10.0 Å². The molecule has 6 nitrogen and oxygen atoms in total. The van der Waals surface area contributed by atoms with Crippen molar-refractivity contribution in [2.45, 2.75) is 95.3 Å². The van der Waals surface area contributed by atoms with E-state index in [2.05, 4.69) is 21.8 Å². The van der Waals surface area contributed by atoms with Crippen LogP contribution in [0.5, 0.6) is 0 Å². The van der Waals surface area contributed by atoms with Crippen LogP contribution < -0.4 is 9.62 Å². The molecule has 1 saturated carbocycles. The van der Waals surface area contributed by atoms with Crippen molar-refractivity contribution >= 4 is 33.2 Å². The second kappa shape index (κ2) is 12.4. The average molecular weight is 639 g/mol. The molecule has 1 fully saturated rings.